The highest BCUT2D eigenvalue weighted by molar-refractivity contribution is 4.73. The lowest BCUT2D eigenvalue weighted by molar-refractivity contribution is -0.00514. The van der Waals surface area contributed by atoms with Crippen LogP contribution in [0.15, 0.2) is 12.7 Å². The number of hydrogen-bond acceptors (Lipinski definition) is 2. The van der Waals surface area contributed by atoms with Gasteiger partial charge in [-0.1, -0.05) is 6.08 Å². The Balaban J connectivity index is 3.51. The SMILES string of the molecule is C=CCOC(C)(C)CCN. The molecule has 0 rings (SSSR count). The van der Waals surface area contributed by atoms with Crippen LogP contribution < -0.4 is 5.73 Å². The van der Waals surface area contributed by atoms with Crippen molar-refractivity contribution in [1.82, 2.24) is 0 Å². The lowest BCUT2D eigenvalue weighted by Crippen LogP contribution is -2.27. The molecule has 0 saturated heterocycles. The molecule has 0 fully saturated rings. The second-order valence-electron chi connectivity index (χ2n) is 2.90. The first-order valence-corrected chi connectivity index (χ1v) is 3.57. The van der Waals surface area contributed by atoms with E-state index in [1.807, 2.05) is 13.8 Å². The maximum atomic E-state index is 5.42. The molecule has 2 nitrogen and oxygen atoms in total. The number of rotatable bonds is 5. The molecule has 60 valence electrons. The van der Waals surface area contributed by atoms with Crippen molar-refractivity contribution in [2.75, 3.05) is 13.2 Å². The number of hydrogen-bond donors (Lipinski definition) is 1. The van der Waals surface area contributed by atoms with E-state index in [0.717, 1.165) is 6.42 Å². The van der Waals surface area contributed by atoms with Gasteiger partial charge in [0, 0.05) is 0 Å². The van der Waals surface area contributed by atoms with Crippen LogP contribution in [-0.2, 0) is 4.74 Å². The van der Waals surface area contributed by atoms with Crippen molar-refractivity contribution in [3.8, 4) is 0 Å². The molecular formula is C8H17NO. The zero-order valence-electron chi connectivity index (χ0n) is 6.89. The lowest BCUT2D eigenvalue weighted by Gasteiger charge is -2.23. The molecule has 10 heavy (non-hydrogen) atoms. The Morgan fingerprint density at radius 2 is 2.20 bits per heavy atom. The van der Waals surface area contributed by atoms with Crippen molar-refractivity contribution in [2.45, 2.75) is 25.9 Å². The molecule has 0 aromatic heterocycles. The van der Waals surface area contributed by atoms with E-state index in [4.69, 9.17) is 10.5 Å². The van der Waals surface area contributed by atoms with Gasteiger partial charge in [-0.15, -0.1) is 6.58 Å². The normalized spacial score (nSPS) is 11.5. The molecule has 0 bridgehead atoms. The average molecular weight is 143 g/mol. The van der Waals surface area contributed by atoms with Gasteiger partial charge in [0.2, 0.25) is 0 Å². The van der Waals surface area contributed by atoms with E-state index in [0.29, 0.717) is 13.2 Å². The largest absolute Gasteiger partial charge is 0.371 e. The van der Waals surface area contributed by atoms with Gasteiger partial charge in [0.1, 0.15) is 0 Å². The summed E-state index contributed by atoms with van der Waals surface area (Å²) in [5.74, 6) is 0. The minimum atomic E-state index is -0.0943. The van der Waals surface area contributed by atoms with Crippen LogP contribution in [0, 0.1) is 0 Å². The van der Waals surface area contributed by atoms with E-state index in [2.05, 4.69) is 6.58 Å². The summed E-state index contributed by atoms with van der Waals surface area (Å²) in [5.41, 5.74) is 5.29. The fourth-order valence-corrected chi connectivity index (χ4v) is 0.704. The quantitative estimate of drug-likeness (QED) is 0.589. The molecule has 2 heteroatoms. The Kier molecular flexibility index (Phi) is 4.32. The Labute approximate surface area is 63.1 Å². The first-order chi connectivity index (χ1) is 4.62. The fraction of sp³-hybridized carbons (Fsp3) is 0.750. The second kappa shape index (κ2) is 4.47. The molecule has 0 aliphatic rings. The first-order valence-electron chi connectivity index (χ1n) is 3.57. The van der Waals surface area contributed by atoms with Gasteiger partial charge in [-0.3, -0.25) is 0 Å². The predicted molar refractivity (Wildman–Crippen MR) is 43.9 cm³/mol. The molecule has 0 aliphatic carbocycles. The van der Waals surface area contributed by atoms with Gasteiger partial charge >= 0.3 is 0 Å². The van der Waals surface area contributed by atoms with Crippen LogP contribution >= 0.6 is 0 Å². The standard InChI is InChI=1S/C8H17NO/c1-4-7-10-8(2,3)5-6-9/h4H,1,5-7,9H2,2-3H3. The molecule has 0 spiro atoms. The summed E-state index contributed by atoms with van der Waals surface area (Å²) in [6, 6.07) is 0. The highest BCUT2D eigenvalue weighted by Gasteiger charge is 2.15. The Hall–Kier alpha value is -0.340. The van der Waals surface area contributed by atoms with E-state index < -0.39 is 0 Å². The molecule has 0 aromatic rings. The lowest BCUT2D eigenvalue weighted by atomic mass is 10.1. The molecule has 0 radical (unpaired) electrons. The van der Waals surface area contributed by atoms with Crippen LogP contribution in [0.25, 0.3) is 0 Å². The Bertz CT molecular complexity index is 99.4. The van der Waals surface area contributed by atoms with Crippen LogP contribution in [0.3, 0.4) is 0 Å². The van der Waals surface area contributed by atoms with E-state index in [9.17, 15) is 0 Å². The van der Waals surface area contributed by atoms with Crippen molar-refractivity contribution in [2.24, 2.45) is 5.73 Å². The van der Waals surface area contributed by atoms with Crippen LogP contribution in [-0.4, -0.2) is 18.8 Å². The Morgan fingerprint density at radius 1 is 1.60 bits per heavy atom. The van der Waals surface area contributed by atoms with Gasteiger partial charge in [-0.05, 0) is 26.8 Å². The summed E-state index contributed by atoms with van der Waals surface area (Å²) >= 11 is 0. The molecule has 0 heterocycles. The summed E-state index contributed by atoms with van der Waals surface area (Å²) in [7, 11) is 0. The van der Waals surface area contributed by atoms with Crippen molar-refractivity contribution in [3.63, 3.8) is 0 Å². The van der Waals surface area contributed by atoms with E-state index >= 15 is 0 Å². The fourth-order valence-electron chi connectivity index (χ4n) is 0.704. The van der Waals surface area contributed by atoms with Crippen LogP contribution in [0.4, 0.5) is 0 Å². The van der Waals surface area contributed by atoms with Gasteiger partial charge < -0.3 is 10.5 Å². The van der Waals surface area contributed by atoms with E-state index in [1.54, 1.807) is 6.08 Å². The van der Waals surface area contributed by atoms with Gasteiger partial charge in [-0.2, -0.15) is 0 Å². The first kappa shape index (κ1) is 9.66. The summed E-state index contributed by atoms with van der Waals surface area (Å²) in [6.07, 6.45) is 2.64. The molecule has 0 amide bonds. The van der Waals surface area contributed by atoms with Crippen molar-refractivity contribution < 1.29 is 4.74 Å². The molecule has 0 aromatic carbocycles. The van der Waals surface area contributed by atoms with Crippen LogP contribution in [0.2, 0.25) is 0 Å². The molecule has 0 aliphatic heterocycles. The van der Waals surface area contributed by atoms with Gasteiger partial charge in [0.05, 0.1) is 12.2 Å². The minimum Gasteiger partial charge on any atom is -0.371 e. The molecule has 0 atom stereocenters. The summed E-state index contributed by atoms with van der Waals surface area (Å²) < 4.78 is 5.42. The number of ether oxygens (including phenoxy) is 1. The Morgan fingerprint density at radius 3 is 2.60 bits per heavy atom. The van der Waals surface area contributed by atoms with E-state index in [1.165, 1.54) is 0 Å². The maximum absolute atomic E-state index is 5.42. The van der Waals surface area contributed by atoms with Crippen molar-refractivity contribution in [3.05, 3.63) is 12.7 Å². The van der Waals surface area contributed by atoms with Gasteiger partial charge in [0.15, 0.2) is 0 Å². The van der Waals surface area contributed by atoms with Crippen LogP contribution in [0.5, 0.6) is 0 Å². The molecule has 0 saturated carbocycles. The molecule has 2 N–H and O–H groups in total. The van der Waals surface area contributed by atoms with Gasteiger partial charge in [0.25, 0.3) is 0 Å². The molecular weight excluding hydrogens is 126 g/mol. The van der Waals surface area contributed by atoms with Crippen LogP contribution in [0.1, 0.15) is 20.3 Å². The predicted octanol–water partition coefficient (Wildman–Crippen LogP) is 1.32. The van der Waals surface area contributed by atoms with E-state index in [-0.39, 0.29) is 5.60 Å². The average Bonchev–Trinajstić information content (AvgIpc) is 1.84. The maximum Gasteiger partial charge on any atom is 0.0652 e. The monoisotopic (exact) mass is 143 g/mol. The topological polar surface area (TPSA) is 35.2 Å². The third-order valence-electron chi connectivity index (χ3n) is 1.34. The second-order valence-corrected chi connectivity index (χ2v) is 2.90. The third-order valence-corrected chi connectivity index (χ3v) is 1.34. The van der Waals surface area contributed by atoms with Crippen molar-refractivity contribution >= 4 is 0 Å². The summed E-state index contributed by atoms with van der Waals surface area (Å²) in [5, 5.41) is 0. The smallest absolute Gasteiger partial charge is 0.0652 e. The number of nitrogens with two attached hydrogens (primary N) is 1. The third kappa shape index (κ3) is 4.53. The van der Waals surface area contributed by atoms with Crippen molar-refractivity contribution in [1.29, 1.82) is 0 Å². The zero-order valence-corrected chi connectivity index (χ0v) is 6.89. The highest BCUT2D eigenvalue weighted by atomic mass is 16.5. The molecule has 0 unspecified atom stereocenters. The van der Waals surface area contributed by atoms with Gasteiger partial charge in [-0.25, -0.2) is 0 Å². The summed E-state index contributed by atoms with van der Waals surface area (Å²) in [6.45, 7) is 8.90. The minimum absolute atomic E-state index is 0.0943. The highest BCUT2D eigenvalue weighted by Crippen LogP contribution is 2.12. The summed E-state index contributed by atoms with van der Waals surface area (Å²) in [4.78, 5) is 0. The zero-order chi connectivity index (χ0) is 8.04.